The van der Waals surface area contributed by atoms with Crippen LogP contribution in [0.2, 0.25) is 5.02 Å². The van der Waals surface area contributed by atoms with Crippen molar-refractivity contribution in [2.45, 2.75) is 6.92 Å². The largest absolute Gasteiger partial charge is 0.494 e. The van der Waals surface area contributed by atoms with Crippen molar-refractivity contribution in [1.82, 2.24) is 4.57 Å². The topological polar surface area (TPSA) is 93.4 Å². The van der Waals surface area contributed by atoms with Crippen molar-refractivity contribution in [1.29, 1.82) is 0 Å². The van der Waals surface area contributed by atoms with Crippen molar-refractivity contribution in [3.8, 4) is 11.6 Å². The Morgan fingerprint density at radius 2 is 1.76 bits per heavy atom. The molecule has 0 unspecified atom stereocenters. The molecule has 1 aliphatic rings. The minimum absolute atomic E-state index is 0.252. The molecule has 1 saturated heterocycles. The van der Waals surface area contributed by atoms with Gasteiger partial charge in [-0.05, 0) is 55.5 Å². The second-order valence-electron chi connectivity index (χ2n) is 8.68. The summed E-state index contributed by atoms with van der Waals surface area (Å²) in [6.07, 6.45) is 1.52. The lowest BCUT2D eigenvalue weighted by Gasteiger charge is -2.31. The van der Waals surface area contributed by atoms with Gasteiger partial charge in [-0.1, -0.05) is 29.8 Å². The van der Waals surface area contributed by atoms with E-state index in [-0.39, 0.29) is 11.4 Å². The van der Waals surface area contributed by atoms with Crippen LogP contribution in [0, 0.1) is 0 Å². The quantitative estimate of drug-likeness (QED) is 0.274. The Balaban J connectivity index is 1.64. The van der Waals surface area contributed by atoms with Gasteiger partial charge in [0.05, 0.1) is 48.0 Å². The highest BCUT2D eigenvalue weighted by molar-refractivity contribution is 6.30. The number of aliphatic imine (C=N–C) groups is 1. The SMILES string of the molecule is CCOC(=O)c1ccc(N=Cc2c(O)n(-c3cc(Cl)ccc3N3CCOCC3)c(=O)c3ccccc23)cc1. The van der Waals surface area contributed by atoms with Crippen LogP contribution in [0.15, 0.2) is 76.5 Å². The molecule has 0 saturated carbocycles. The van der Waals surface area contributed by atoms with E-state index in [1.165, 1.54) is 10.8 Å². The molecule has 0 spiro atoms. The number of benzene rings is 3. The van der Waals surface area contributed by atoms with E-state index in [0.717, 1.165) is 5.69 Å². The first-order valence-corrected chi connectivity index (χ1v) is 12.7. The molecule has 1 N–H and O–H groups in total. The Kier molecular flexibility index (Phi) is 7.44. The Hall–Kier alpha value is -4.14. The third-order valence-corrected chi connectivity index (χ3v) is 6.59. The lowest BCUT2D eigenvalue weighted by molar-refractivity contribution is 0.0526. The number of rotatable bonds is 6. The lowest BCUT2D eigenvalue weighted by Crippen LogP contribution is -2.37. The number of anilines is 1. The first-order chi connectivity index (χ1) is 18.5. The molecule has 0 aliphatic carbocycles. The number of nitrogens with zero attached hydrogens (tertiary/aromatic N) is 3. The summed E-state index contributed by atoms with van der Waals surface area (Å²) in [7, 11) is 0. The highest BCUT2D eigenvalue weighted by atomic mass is 35.5. The molecule has 5 rings (SSSR count). The summed E-state index contributed by atoms with van der Waals surface area (Å²) in [6, 6.07) is 19.0. The van der Waals surface area contributed by atoms with Gasteiger partial charge in [-0.3, -0.25) is 9.79 Å². The number of aromatic hydroxyl groups is 1. The van der Waals surface area contributed by atoms with Crippen molar-refractivity contribution in [3.63, 3.8) is 0 Å². The van der Waals surface area contributed by atoms with Crippen LogP contribution in [0.3, 0.4) is 0 Å². The number of morpholine rings is 1. The minimum Gasteiger partial charge on any atom is -0.494 e. The number of ether oxygens (including phenoxy) is 2. The fourth-order valence-corrected chi connectivity index (χ4v) is 4.66. The second kappa shape index (κ2) is 11.1. The molecule has 9 heteroatoms. The van der Waals surface area contributed by atoms with Crippen LogP contribution in [0.1, 0.15) is 22.8 Å². The Morgan fingerprint density at radius 3 is 2.47 bits per heavy atom. The molecule has 194 valence electrons. The molecule has 0 atom stereocenters. The Labute approximate surface area is 224 Å². The number of aromatic nitrogens is 1. The molecule has 0 radical (unpaired) electrons. The van der Waals surface area contributed by atoms with Crippen molar-refractivity contribution in [2.75, 3.05) is 37.8 Å². The second-order valence-corrected chi connectivity index (χ2v) is 9.12. The third-order valence-electron chi connectivity index (χ3n) is 6.35. The molecule has 38 heavy (non-hydrogen) atoms. The molecular weight excluding hydrogens is 506 g/mol. The maximum Gasteiger partial charge on any atom is 0.338 e. The molecular formula is C29H26ClN3O5. The van der Waals surface area contributed by atoms with Gasteiger partial charge in [0.2, 0.25) is 5.88 Å². The van der Waals surface area contributed by atoms with Gasteiger partial charge >= 0.3 is 5.97 Å². The Morgan fingerprint density at radius 1 is 1.05 bits per heavy atom. The van der Waals surface area contributed by atoms with Crippen molar-refractivity contribution >= 4 is 45.9 Å². The number of hydrogen-bond acceptors (Lipinski definition) is 7. The lowest BCUT2D eigenvalue weighted by atomic mass is 10.1. The standard InChI is InChI=1S/C29H26ClN3O5/c1-2-38-29(36)19-7-10-21(11-8-19)31-18-24-22-5-3-4-6-23(22)27(34)33(28(24)35)26-17-20(30)9-12-25(26)32-13-15-37-16-14-32/h3-12,17-18,35H,2,13-16H2,1H3. The van der Waals surface area contributed by atoms with Gasteiger partial charge in [0.15, 0.2) is 0 Å². The van der Waals surface area contributed by atoms with E-state index in [4.69, 9.17) is 21.1 Å². The van der Waals surface area contributed by atoms with E-state index in [0.29, 0.717) is 71.2 Å². The fourth-order valence-electron chi connectivity index (χ4n) is 4.50. The summed E-state index contributed by atoms with van der Waals surface area (Å²) in [4.78, 5) is 32.3. The molecule has 1 aromatic heterocycles. The molecule has 1 aliphatic heterocycles. The van der Waals surface area contributed by atoms with E-state index < -0.39 is 5.97 Å². The predicted molar refractivity (Wildman–Crippen MR) is 149 cm³/mol. The summed E-state index contributed by atoms with van der Waals surface area (Å²) >= 11 is 6.36. The van der Waals surface area contributed by atoms with Crippen LogP contribution < -0.4 is 10.5 Å². The zero-order valence-electron chi connectivity index (χ0n) is 20.8. The van der Waals surface area contributed by atoms with Gasteiger partial charge in [-0.15, -0.1) is 0 Å². The van der Waals surface area contributed by atoms with Crippen LogP contribution >= 0.6 is 11.6 Å². The number of pyridine rings is 1. The zero-order valence-corrected chi connectivity index (χ0v) is 21.5. The van der Waals surface area contributed by atoms with Crippen LogP contribution in [0.25, 0.3) is 16.5 Å². The Bertz CT molecular complexity index is 1570. The normalized spacial score (nSPS) is 13.8. The average Bonchev–Trinajstić information content (AvgIpc) is 2.94. The summed E-state index contributed by atoms with van der Waals surface area (Å²) in [5.41, 5.74) is 2.23. The monoisotopic (exact) mass is 531 g/mol. The maximum absolute atomic E-state index is 13.7. The number of carbonyl (C=O) groups is 1. The fraction of sp³-hybridized carbons (Fsp3) is 0.207. The van der Waals surface area contributed by atoms with Gasteiger partial charge in [-0.25, -0.2) is 9.36 Å². The molecule has 8 nitrogen and oxygen atoms in total. The summed E-state index contributed by atoms with van der Waals surface area (Å²) in [6.45, 7) is 4.46. The highest BCUT2D eigenvalue weighted by Gasteiger charge is 2.22. The van der Waals surface area contributed by atoms with E-state index >= 15 is 0 Å². The van der Waals surface area contributed by atoms with Crippen molar-refractivity contribution in [2.24, 2.45) is 4.99 Å². The first-order valence-electron chi connectivity index (χ1n) is 12.3. The molecule has 2 heterocycles. The average molecular weight is 532 g/mol. The molecule has 3 aromatic carbocycles. The number of carbonyl (C=O) groups excluding carboxylic acids is 1. The van der Waals surface area contributed by atoms with E-state index in [1.54, 1.807) is 67.6 Å². The van der Waals surface area contributed by atoms with Crippen LogP contribution in [-0.2, 0) is 9.47 Å². The molecule has 4 aromatic rings. The molecule has 1 fully saturated rings. The van der Waals surface area contributed by atoms with Crippen molar-refractivity contribution < 1.29 is 19.4 Å². The van der Waals surface area contributed by atoms with Crippen LogP contribution in [0.4, 0.5) is 11.4 Å². The van der Waals surface area contributed by atoms with Gasteiger partial charge in [0.25, 0.3) is 5.56 Å². The summed E-state index contributed by atoms with van der Waals surface area (Å²) in [5, 5.41) is 12.9. The van der Waals surface area contributed by atoms with Gasteiger partial charge < -0.3 is 19.5 Å². The van der Waals surface area contributed by atoms with Crippen molar-refractivity contribution in [3.05, 3.63) is 93.2 Å². The first kappa shape index (κ1) is 25.5. The number of halogens is 1. The predicted octanol–water partition coefficient (Wildman–Crippen LogP) is 5.11. The number of fused-ring (bicyclic) bond motifs is 1. The third kappa shape index (κ3) is 5.01. The maximum atomic E-state index is 13.7. The summed E-state index contributed by atoms with van der Waals surface area (Å²) in [5.74, 6) is -0.659. The van der Waals surface area contributed by atoms with E-state index in [9.17, 15) is 14.7 Å². The zero-order chi connectivity index (χ0) is 26.6. The van der Waals surface area contributed by atoms with Gasteiger partial charge in [0, 0.05) is 35.1 Å². The van der Waals surface area contributed by atoms with Crippen LogP contribution in [0.5, 0.6) is 5.88 Å². The number of hydrogen-bond donors (Lipinski definition) is 1. The smallest absolute Gasteiger partial charge is 0.338 e. The molecule has 0 amide bonds. The minimum atomic E-state index is -0.406. The van der Waals surface area contributed by atoms with Crippen LogP contribution in [-0.4, -0.2) is 54.8 Å². The van der Waals surface area contributed by atoms with Gasteiger partial charge in [-0.2, -0.15) is 0 Å². The molecule has 0 bridgehead atoms. The highest BCUT2D eigenvalue weighted by Crippen LogP contribution is 2.33. The van der Waals surface area contributed by atoms with E-state index in [1.807, 2.05) is 6.07 Å². The summed E-state index contributed by atoms with van der Waals surface area (Å²) < 4.78 is 11.8. The van der Waals surface area contributed by atoms with E-state index in [2.05, 4.69) is 9.89 Å². The van der Waals surface area contributed by atoms with Gasteiger partial charge in [0.1, 0.15) is 0 Å². The number of esters is 1.